The Balaban J connectivity index is 1.72. The van der Waals surface area contributed by atoms with Crippen molar-refractivity contribution in [2.75, 3.05) is 18.6 Å². The molecule has 0 aliphatic carbocycles. The maximum absolute atomic E-state index is 13.3. The number of benzene rings is 1. The lowest BCUT2D eigenvalue weighted by molar-refractivity contribution is -0.143. The van der Waals surface area contributed by atoms with Crippen LogP contribution in [-0.2, 0) is 32.0 Å². The molecule has 37 heavy (non-hydrogen) atoms. The minimum atomic E-state index is -1.19. The van der Waals surface area contributed by atoms with Crippen molar-refractivity contribution in [3.05, 3.63) is 54.1 Å². The Labute approximate surface area is 220 Å². The van der Waals surface area contributed by atoms with Gasteiger partial charge in [0, 0.05) is 31.3 Å². The third-order valence-corrected chi connectivity index (χ3v) is 6.94. The zero-order valence-corrected chi connectivity index (χ0v) is 21.6. The molecule has 1 aliphatic heterocycles. The highest BCUT2D eigenvalue weighted by Gasteiger charge is 2.38. The van der Waals surface area contributed by atoms with E-state index in [1.54, 1.807) is 36.0 Å². The number of nitrogens with one attached hydrogen (secondary N) is 3. The summed E-state index contributed by atoms with van der Waals surface area (Å²) >= 11 is 1.59. The van der Waals surface area contributed by atoms with Gasteiger partial charge in [-0.1, -0.05) is 30.3 Å². The van der Waals surface area contributed by atoms with E-state index in [1.165, 1.54) is 17.4 Å². The summed E-state index contributed by atoms with van der Waals surface area (Å²) < 4.78 is 0. The molecule has 0 spiro atoms. The van der Waals surface area contributed by atoms with Crippen molar-refractivity contribution in [3.8, 4) is 0 Å². The molecule has 6 N–H and O–H groups in total. The highest BCUT2D eigenvalue weighted by atomic mass is 32.2. The monoisotopic (exact) mass is 530 g/mol. The minimum absolute atomic E-state index is 0.0726. The first-order chi connectivity index (χ1) is 17.8. The average Bonchev–Trinajstić information content (AvgIpc) is 3.59. The number of thioether (sulfide) groups is 1. The molecular formula is C25H34N6O5S. The second-order valence-corrected chi connectivity index (χ2v) is 9.99. The van der Waals surface area contributed by atoms with E-state index in [1.807, 2.05) is 12.3 Å². The van der Waals surface area contributed by atoms with Crippen molar-refractivity contribution in [1.82, 2.24) is 25.5 Å². The molecule has 4 atom stereocenters. The number of carboxylic acid groups (broad SMARTS) is 1. The Kier molecular flexibility index (Phi) is 10.5. The summed E-state index contributed by atoms with van der Waals surface area (Å²) in [6.45, 7) is 0.416. The van der Waals surface area contributed by atoms with Gasteiger partial charge in [0.05, 0.1) is 12.4 Å². The smallest absolute Gasteiger partial charge is 0.326 e. The summed E-state index contributed by atoms with van der Waals surface area (Å²) in [6, 6.07) is 5.26. The fraction of sp³-hybridized carbons (Fsp3) is 0.480. The van der Waals surface area contributed by atoms with E-state index >= 15 is 0 Å². The number of nitrogens with two attached hydrogens (primary N) is 1. The van der Waals surface area contributed by atoms with Gasteiger partial charge in [0.1, 0.15) is 18.1 Å². The molecule has 0 bridgehead atoms. The summed E-state index contributed by atoms with van der Waals surface area (Å²) in [7, 11) is 0. The average molecular weight is 531 g/mol. The van der Waals surface area contributed by atoms with Crippen molar-refractivity contribution in [1.29, 1.82) is 0 Å². The first kappa shape index (κ1) is 28.2. The van der Waals surface area contributed by atoms with Crippen molar-refractivity contribution in [2.24, 2.45) is 5.73 Å². The molecule has 0 saturated carbocycles. The number of H-pyrrole nitrogens is 1. The van der Waals surface area contributed by atoms with Crippen LogP contribution in [0.3, 0.4) is 0 Å². The number of hydrogen-bond donors (Lipinski definition) is 5. The van der Waals surface area contributed by atoms with Crippen LogP contribution in [0.25, 0.3) is 0 Å². The number of aromatic amines is 1. The Morgan fingerprint density at radius 3 is 2.59 bits per heavy atom. The number of carbonyl (C=O) groups is 4. The Morgan fingerprint density at radius 1 is 1.19 bits per heavy atom. The highest BCUT2D eigenvalue weighted by Crippen LogP contribution is 2.20. The maximum atomic E-state index is 13.3. The van der Waals surface area contributed by atoms with E-state index in [-0.39, 0.29) is 18.7 Å². The molecule has 1 aliphatic rings. The number of carboxylic acids is 1. The van der Waals surface area contributed by atoms with Crippen LogP contribution in [0.4, 0.5) is 0 Å². The van der Waals surface area contributed by atoms with Crippen molar-refractivity contribution in [3.63, 3.8) is 0 Å². The Bertz CT molecular complexity index is 1050. The lowest BCUT2D eigenvalue weighted by Crippen LogP contribution is -2.57. The molecule has 0 radical (unpaired) electrons. The van der Waals surface area contributed by atoms with E-state index in [9.17, 15) is 24.3 Å². The number of aliphatic carboxylic acids is 1. The predicted octanol–water partition coefficient (Wildman–Crippen LogP) is 0.321. The number of rotatable bonds is 13. The molecule has 1 aromatic heterocycles. The molecular weight excluding hydrogens is 496 g/mol. The highest BCUT2D eigenvalue weighted by molar-refractivity contribution is 7.98. The first-order valence-corrected chi connectivity index (χ1v) is 13.6. The second kappa shape index (κ2) is 13.8. The van der Waals surface area contributed by atoms with Gasteiger partial charge in [-0.15, -0.1) is 0 Å². The molecule has 1 saturated heterocycles. The molecule has 2 heterocycles. The normalized spacial score (nSPS) is 17.6. The third-order valence-electron chi connectivity index (χ3n) is 6.30. The summed E-state index contributed by atoms with van der Waals surface area (Å²) in [5, 5.41) is 15.0. The molecule has 4 unspecified atom stereocenters. The van der Waals surface area contributed by atoms with E-state index in [2.05, 4.69) is 20.6 Å². The summed E-state index contributed by atoms with van der Waals surface area (Å²) in [5.41, 5.74) is 7.41. The molecule has 3 rings (SSSR count). The van der Waals surface area contributed by atoms with Crippen molar-refractivity contribution < 1.29 is 24.3 Å². The predicted molar refractivity (Wildman–Crippen MR) is 140 cm³/mol. The quantitative estimate of drug-likeness (QED) is 0.246. The van der Waals surface area contributed by atoms with Gasteiger partial charge in [-0.2, -0.15) is 11.8 Å². The van der Waals surface area contributed by atoms with Gasteiger partial charge in [0.2, 0.25) is 17.7 Å². The number of hydrogen-bond acceptors (Lipinski definition) is 7. The van der Waals surface area contributed by atoms with E-state index in [4.69, 9.17) is 5.73 Å². The van der Waals surface area contributed by atoms with Crippen LogP contribution >= 0.6 is 11.8 Å². The SMILES string of the molecule is CSCCC(N)C(=O)N1CCCC1C(=O)NC(Cc1cnc[nH]1)C(=O)NC(Cc1ccccc1)C(=O)O. The zero-order valence-electron chi connectivity index (χ0n) is 20.8. The fourth-order valence-corrected chi connectivity index (χ4v) is 4.79. The van der Waals surface area contributed by atoms with Crippen LogP contribution in [0.2, 0.25) is 0 Å². The van der Waals surface area contributed by atoms with E-state index < -0.39 is 42.0 Å². The molecule has 11 nitrogen and oxygen atoms in total. The fourth-order valence-electron chi connectivity index (χ4n) is 4.30. The number of carbonyl (C=O) groups excluding carboxylic acids is 3. The largest absolute Gasteiger partial charge is 0.480 e. The molecule has 1 fully saturated rings. The van der Waals surface area contributed by atoms with Gasteiger partial charge < -0.3 is 31.4 Å². The van der Waals surface area contributed by atoms with Crippen LogP contribution in [0.1, 0.15) is 30.5 Å². The van der Waals surface area contributed by atoms with Gasteiger partial charge in [0.25, 0.3) is 0 Å². The van der Waals surface area contributed by atoms with Crippen LogP contribution in [0.15, 0.2) is 42.9 Å². The second-order valence-electron chi connectivity index (χ2n) is 9.01. The molecule has 200 valence electrons. The van der Waals surface area contributed by atoms with Crippen LogP contribution in [-0.4, -0.2) is 86.4 Å². The standard InChI is InChI=1S/C25H34N6O5S/c1-37-11-9-18(26)24(34)31-10-5-8-21(31)23(33)29-19(13-17-14-27-15-28-17)22(32)30-20(25(35)36)12-16-6-3-2-4-7-16/h2-4,6-7,14-15,18-21H,5,8-13,26H2,1H3,(H,27,28)(H,29,33)(H,30,32)(H,35,36). The summed E-state index contributed by atoms with van der Waals surface area (Å²) in [5.74, 6) is -1.85. The lowest BCUT2D eigenvalue weighted by atomic mass is 10.0. The van der Waals surface area contributed by atoms with Crippen molar-refractivity contribution in [2.45, 2.75) is 56.3 Å². The summed E-state index contributed by atoms with van der Waals surface area (Å²) in [6.07, 6.45) is 6.69. The van der Waals surface area contributed by atoms with Crippen LogP contribution < -0.4 is 16.4 Å². The Hall–Kier alpha value is -3.38. The molecule has 2 aromatic rings. The third kappa shape index (κ3) is 8.05. The van der Waals surface area contributed by atoms with E-state index in [0.717, 1.165) is 11.3 Å². The lowest BCUT2D eigenvalue weighted by Gasteiger charge is -2.28. The maximum Gasteiger partial charge on any atom is 0.326 e. The molecule has 12 heteroatoms. The van der Waals surface area contributed by atoms with Gasteiger partial charge in [0.15, 0.2) is 0 Å². The topological polar surface area (TPSA) is 171 Å². The number of nitrogens with zero attached hydrogens (tertiary/aromatic N) is 2. The molecule has 1 aromatic carbocycles. The number of amides is 3. The zero-order chi connectivity index (χ0) is 26.8. The Morgan fingerprint density at radius 2 is 1.95 bits per heavy atom. The number of imidazole rings is 1. The molecule has 3 amide bonds. The van der Waals surface area contributed by atoms with Gasteiger partial charge >= 0.3 is 5.97 Å². The van der Waals surface area contributed by atoms with Crippen molar-refractivity contribution >= 4 is 35.5 Å². The summed E-state index contributed by atoms with van der Waals surface area (Å²) in [4.78, 5) is 59.6. The van der Waals surface area contributed by atoms with Crippen LogP contribution in [0.5, 0.6) is 0 Å². The van der Waals surface area contributed by atoms with Crippen LogP contribution in [0, 0.1) is 0 Å². The van der Waals surface area contributed by atoms with E-state index in [0.29, 0.717) is 31.5 Å². The minimum Gasteiger partial charge on any atom is -0.480 e. The van der Waals surface area contributed by atoms with Gasteiger partial charge in [-0.25, -0.2) is 9.78 Å². The van der Waals surface area contributed by atoms with Gasteiger partial charge in [-0.3, -0.25) is 14.4 Å². The number of likely N-dealkylation sites (tertiary alicyclic amines) is 1. The first-order valence-electron chi connectivity index (χ1n) is 12.2. The number of aromatic nitrogens is 2. The van der Waals surface area contributed by atoms with Gasteiger partial charge in [-0.05, 0) is 36.8 Å².